The maximum absolute atomic E-state index is 13.1. The molecule has 0 atom stereocenters. The molecule has 0 spiro atoms. The van der Waals surface area contributed by atoms with E-state index in [1.165, 1.54) is 18.9 Å². The van der Waals surface area contributed by atoms with E-state index in [2.05, 4.69) is 5.10 Å². The SMILES string of the molecule is COC(=O)c1cn(-c2cc(Cl)ccc2OC)cc2c(=O)n(-c3ccccc3)nc1-2. The summed E-state index contributed by atoms with van der Waals surface area (Å²) in [5, 5.41) is 4.86. The summed E-state index contributed by atoms with van der Waals surface area (Å²) in [5.41, 5.74) is 1.47. The number of para-hydroxylation sites is 1. The second-order valence-corrected chi connectivity index (χ2v) is 6.64. The van der Waals surface area contributed by atoms with E-state index in [9.17, 15) is 9.59 Å². The highest BCUT2D eigenvalue weighted by molar-refractivity contribution is 6.30. The van der Waals surface area contributed by atoms with Crippen LogP contribution in [0.15, 0.2) is 65.7 Å². The molecule has 0 unspecified atom stereocenters. The van der Waals surface area contributed by atoms with Gasteiger partial charge in [0.1, 0.15) is 17.0 Å². The van der Waals surface area contributed by atoms with Gasteiger partial charge < -0.3 is 14.0 Å². The van der Waals surface area contributed by atoms with Crippen LogP contribution in [0, 0.1) is 0 Å². The van der Waals surface area contributed by atoms with E-state index < -0.39 is 5.97 Å². The first kappa shape index (κ1) is 18.8. The Hall–Kier alpha value is -3.58. The average Bonchev–Trinajstić information content (AvgIpc) is 3.09. The van der Waals surface area contributed by atoms with E-state index in [0.717, 1.165) is 0 Å². The van der Waals surface area contributed by atoms with Crippen LogP contribution in [-0.4, -0.2) is 34.5 Å². The van der Waals surface area contributed by atoms with Crippen molar-refractivity contribution in [1.82, 2.24) is 14.3 Å². The Morgan fingerprint density at radius 1 is 1.07 bits per heavy atom. The molecule has 2 aliphatic heterocycles. The van der Waals surface area contributed by atoms with Gasteiger partial charge in [-0.1, -0.05) is 29.8 Å². The van der Waals surface area contributed by atoms with Crippen LogP contribution in [-0.2, 0) is 4.74 Å². The zero-order valence-electron chi connectivity index (χ0n) is 15.6. The van der Waals surface area contributed by atoms with Crippen molar-refractivity contribution in [2.24, 2.45) is 0 Å². The fourth-order valence-electron chi connectivity index (χ4n) is 3.11. The molecule has 2 aliphatic rings. The standard InChI is InChI=1S/C21H16ClN3O4/c1-28-18-9-8-13(22)10-17(18)24-11-15-19(16(12-24)21(27)29-2)23-25(20(15)26)14-6-4-3-5-7-14/h3-12H,1-2H3. The minimum Gasteiger partial charge on any atom is -0.495 e. The molecule has 146 valence electrons. The van der Waals surface area contributed by atoms with Crippen LogP contribution in [0.5, 0.6) is 5.75 Å². The fraction of sp³-hybridized carbons (Fsp3) is 0.0952. The molecule has 0 radical (unpaired) electrons. The Bertz CT molecular complexity index is 1230. The number of benzene rings is 2. The van der Waals surface area contributed by atoms with Crippen LogP contribution in [0.1, 0.15) is 10.4 Å². The van der Waals surface area contributed by atoms with Crippen LogP contribution < -0.4 is 10.3 Å². The van der Waals surface area contributed by atoms with Crippen molar-refractivity contribution in [3.8, 4) is 28.4 Å². The number of carbonyl (C=O) groups is 1. The molecule has 0 saturated carbocycles. The molecule has 2 aromatic carbocycles. The molecule has 0 fully saturated rings. The normalized spacial score (nSPS) is 10.9. The summed E-state index contributed by atoms with van der Waals surface area (Å²) in [6.07, 6.45) is 3.15. The summed E-state index contributed by atoms with van der Waals surface area (Å²) in [6.45, 7) is 0. The highest BCUT2D eigenvalue weighted by Crippen LogP contribution is 2.30. The van der Waals surface area contributed by atoms with Crippen molar-refractivity contribution in [3.63, 3.8) is 0 Å². The van der Waals surface area contributed by atoms with Crippen molar-refractivity contribution in [1.29, 1.82) is 0 Å². The summed E-state index contributed by atoms with van der Waals surface area (Å²) in [6, 6.07) is 14.1. The van der Waals surface area contributed by atoms with Gasteiger partial charge in [0.25, 0.3) is 5.56 Å². The Kier molecular flexibility index (Phi) is 4.82. The molecular formula is C21H16ClN3O4. The number of aromatic nitrogens is 3. The maximum Gasteiger partial charge on any atom is 0.341 e. The highest BCUT2D eigenvalue weighted by atomic mass is 35.5. The smallest absolute Gasteiger partial charge is 0.341 e. The van der Waals surface area contributed by atoms with Crippen LogP contribution >= 0.6 is 11.6 Å². The third-order valence-corrected chi connectivity index (χ3v) is 4.73. The van der Waals surface area contributed by atoms with Crippen molar-refractivity contribution in [2.45, 2.75) is 0 Å². The number of esters is 1. The molecule has 4 rings (SSSR count). The third-order valence-electron chi connectivity index (χ3n) is 4.49. The molecule has 2 heterocycles. The second-order valence-electron chi connectivity index (χ2n) is 6.20. The minimum absolute atomic E-state index is 0.152. The molecule has 7 nitrogen and oxygen atoms in total. The van der Waals surface area contributed by atoms with Gasteiger partial charge in [0, 0.05) is 17.4 Å². The Morgan fingerprint density at radius 2 is 1.83 bits per heavy atom. The third kappa shape index (κ3) is 3.25. The summed E-state index contributed by atoms with van der Waals surface area (Å²) >= 11 is 6.15. The molecular weight excluding hydrogens is 394 g/mol. The molecule has 0 aliphatic carbocycles. The minimum atomic E-state index is -0.608. The number of nitrogens with zero attached hydrogens (tertiary/aromatic N) is 3. The largest absolute Gasteiger partial charge is 0.495 e. The molecule has 0 N–H and O–H groups in total. The quantitative estimate of drug-likeness (QED) is 0.481. The van der Waals surface area contributed by atoms with Gasteiger partial charge in [-0.25, -0.2) is 4.79 Å². The first-order valence-corrected chi connectivity index (χ1v) is 9.04. The lowest BCUT2D eigenvalue weighted by Gasteiger charge is -2.15. The molecule has 2 aromatic rings. The van der Waals surface area contributed by atoms with Gasteiger partial charge in [0.15, 0.2) is 0 Å². The predicted octanol–water partition coefficient (Wildman–Crippen LogP) is 3.58. The van der Waals surface area contributed by atoms with Crippen molar-refractivity contribution in [2.75, 3.05) is 14.2 Å². The molecule has 0 saturated heterocycles. The van der Waals surface area contributed by atoms with Crippen molar-refractivity contribution in [3.05, 3.63) is 81.9 Å². The molecule has 0 amide bonds. The topological polar surface area (TPSA) is 75.3 Å². The maximum atomic E-state index is 13.1. The Balaban J connectivity index is 2.03. The van der Waals surface area contributed by atoms with E-state index in [1.807, 2.05) is 6.07 Å². The van der Waals surface area contributed by atoms with E-state index in [1.54, 1.807) is 59.4 Å². The molecule has 0 bridgehead atoms. The van der Waals surface area contributed by atoms with E-state index >= 15 is 0 Å². The summed E-state index contributed by atoms with van der Waals surface area (Å²) in [5.74, 6) is -0.0828. The van der Waals surface area contributed by atoms with Gasteiger partial charge in [0.2, 0.25) is 0 Å². The Labute approximate surface area is 171 Å². The highest BCUT2D eigenvalue weighted by Gasteiger charge is 2.25. The zero-order chi connectivity index (χ0) is 20.5. The van der Waals surface area contributed by atoms with E-state index in [0.29, 0.717) is 22.1 Å². The second kappa shape index (κ2) is 7.44. The van der Waals surface area contributed by atoms with Crippen LogP contribution in [0.2, 0.25) is 5.02 Å². The Morgan fingerprint density at radius 3 is 2.52 bits per heavy atom. The van der Waals surface area contributed by atoms with Gasteiger partial charge in [-0.05, 0) is 30.3 Å². The average molecular weight is 410 g/mol. The van der Waals surface area contributed by atoms with Crippen LogP contribution in [0.4, 0.5) is 0 Å². The molecule has 29 heavy (non-hydrogen) atoms. The van der Waals surface area contributed by atoms with Crippen molar-refractivity contribution < 1.29 is 14.3 Å². The van der Waals surface area contributed by atoms with E-state index in [-0.39, 0.29) is 22.4 Å². The number of rotatable bonds is 4. The number of fused-ring (bicyclic) bond motifs is 1. The van der Waals surface area contributed by atoms with Gasteiger partial charge in [0.05, 0.1) is 31.2 Å². The fourth-order valence-corrected chi connectivity index (χ4v) is 3.28. The zero-order valence-corrected chi connectivity index (χ0v) is 16.4. The summed E-state index contributed by atoms with van der Waals surface area (Å²) in [4.78, 5) is 25.5. The molecule has 0 aromatic heterocycles. The van der Waals surface area contributed by atoms with E-state index in [4.69, 9.17) is 21.1 Å². The number of pyridine rings is 1. The van der Waals surface area contributed by atoms with Gasteiger partial charge >= 0.3 is 5.97 Å². The first-order chi connectivity index (χ1) is 14.0. The van der Waals surface area contributed by atoms with Gasteiger partial charge in [-0.2, -0.15) is 9.78 Å². The van der Waals surface area contributed by atoms with Gasteiger partial charge in [-0.15, -0.1) is 0 Å². The lowest BCUT2D eigenvalue weighted by Crippen LogP contribution is -2.15. The number of hydrogen-bond acceptors (Lipinski definition) is 5. The summed E-state index contributed by atoms with van der Waals surface area (Å²) < 4.78 is 13.2. The monoisotopic (exact) mass is 409 g/mol. The number of hydrogen-bond donors (Lipinski definition) is 0. The molecule has 8 heteroatoms. The lowest BCUT2D eigenvalue weighted by atomic mass is 10.1. The number of halogens is 1. The van der Waals surface area contributed by atoms with Gasteiger partial charge in [-0.3, -0.25) is 4.79 Å². The van der Waals surface area contributed by atoms with Crippen molar-refractivity contribution >= 4 is 17.6 Å². The lowest BCUT2D eigenvalue weighted by molar-refractivity contribution is 0.0600. The predicted molar refractivity (Wildman–Crippen MR) is 109 cm³/mol. The van der Waals surface area contributed by atoms with Crippen LogP contribution in [0.25, 0.3) is 22.6 Å². The first-order valence-electron chi connectivity index (χ1n) is 8.66. The summed E-state index contributed by atoms with van der Waals surface area (Å²) in [7, 11) is 2.80. The number of methoxy groups -OCH3 is 2. The van der Waals surface area contributed by atoms with Crippen LogP contribution in [0.3, 0.4) is 0 Å². The number of carbonyl (C=O) groups excluding carboxylic acids is 1. The number of ether oxygens (including phenoxy) is 2.